The smallest absolute Gasteiger partial charge is 0.127 e. The van der Waals surface area contributed by atoms with Crippen molar-refractivity contribution >= 4 is 16.7 Å². The van der Waals surface area contributed by atoms with Crippen molar-refractivity contribution in [1.82, 2.24) is 9.88 Å². The van der Waals surface area contributed by atoms with Gasteiger partial charge in [-0.2, -0.15) is 0 Å². The quantitative estimate of drug-likeness (QED) is 0.855. The van der Waals surface area contributed by atoms with Gasteiger partial charge in [0.15, 0.2) is 0 Å². The summed E-state index contributed by atoms with van der Waals surface area (Å²) in [5.74, 6) is 1.66. The second-order valence-corrected chi connectivity index (χ2v) is 7.19. The van der Waals surface area contributed by atoms with Gasteiger partial charge in [-0.3, -0.25) is 0 Å². The number of aromatic nitrogens is 1. The van der Waals surface area contributed by atoms with E-state index in [4.69, 9.17) is 10.5 Å². The van der Waals surface area contributed by atoms with Crippen LogP contribution in [0.2, 0.25) is 0 Å². The number of aryl methyl sites for hydroxylation is 2. The summed E-state index contributed by atoms with van der Waals surface area (Å²) in [5, 5.41) is 1.26. The van der Waals surface area contributed by atoms with Crippen molar-refractivity contribution in [3.63, 3.8) is 0 Å². The molecule has 2 N–H and O–H groups in total. The first-order valence-electron chi connectivity index (χ1n) is 9.29. The number of hydrogen-bond acceptors (Lipinski definition) is 4. The predicted octanol–water partition coefficient (Wildman–Crippen LogP) is 3.48. The predicted molar refractivity (Wildman–Crippen MR) is 98.7 cm³/mol. The van der Waals surface area contributed by atoms with Crippen LogP contribution in [0.5, 0.6) is 5.75 Å². The van der Waals surface area contributed by atoms with Crippen molar-refractivity contribution < 1.29 is 4.74 Å². The van der Waals surface area contributed by atoms with Gasteiger partial charge in [-0.25, -0.2) is 4.98 Å². The standard InChI is InChI=1S/C20H27N3O/c1-14-12-17-15-6-4-7-16(15)20(21)22-18(17)13-19(14)24-11-5-10-23-8-2-3-9-23/h12-13H,2-11H2,1H3,(H2,21,22). The van der Waals surface area contributed by atoms with Gasteiger partial charge in [0.05, 0.1) is 12.1 Å². The topological polar surface area (TPSA) is 51.4 Å². The number of nitrogens with two attached hydrogens (primary N) is 1. The Morgan fingerprint density at radius 3 is 2.75 bits per heavy atom. The SMILES string of the molecule is Cc1cc2c3c(c(N)nc2cc1OCCCN1CCCC1)CCC3. The lowest BCUT2D eigenvalue weighted by Crippen LogP contribution is -2.22. The third-order valence-electron chi connectivity index (χ3n) is 5.46. The normalized spacial score (nSPS) is 17.5. The second-order valence-electron chi connectivity index (χ2n) is 7.19. The first kappa shape index (κ1) is 15.7. The fraction of sp³-hybridized carbons (Fsp3) is 0.550. The molecule has 0 atom stereocenters. The average Bonchev–Trinajstić information content (AvgIpc) is 3.24. The summed E-state index contributed by atoms with van der Waals surface area (Å²) in [7, 11) is 0. The van der Waals surface area contributed by atoms with E-state index in [1.807, 2.05) is 0 Å². The molecule has 0 spiro atoms. The first-order chi connectivity index (χ1) is 11.7. The maximum Gasteiger partial charge on any atom is 0.127 e. The molecule has 1 fully saturated rings. The molecule has 24 heavy (non-hydrogen) atoms. The minimum Gasteiger partial charge on any atom is -0.493 e. The van der Waals surface area contributed by atoms with Gasteiger partial charge in [-0.05, 0) is 81.3 Å². The number of ether oxygens (including phenoxy) is 1. The Morgan fingerprint density at radius 1 is 1.12 bits per heavy atom. The lowest BCUT2D eigenvalue weighted by atomic mass is 10.0. The van der Waals surface area contributed by atoms with Crippen LogP contribution in [-0.2, 0) is 12.8 Å². The maximum absolute atomic E-state index is 6.16. The number of nitrogen functional groups attached to an aromatic ring is 1. The Labute approximate surface area is 144 Å². The molecule has 0 amide bonds. The summed E-state index contributed by atoms with van der Waals surface area (Å²) in [6, 6.07) is 4.32. The lowest BCUT2D eigenvalue weighted by Gasteiger charge is -2.16. The van der Waals surface area contributed by atoms with Crippen LogP contribution >= 0.6 is 0 Å². The molecule has 4 rings (SSSR count). The summed E-state index contributed by atoms with van der Waals surface area (Å²) in [4.78, 5) is 7.16. The molecule has 1 saturated heterocycles. The van der Waals surface area contributed by atoms with Crippen LogP contribution in [0.25, 0.3) is 10.9 Å². The summed E-state index contributed by atoms with van der Waals surface area (Å²) in [6.07, 6.45) is 7.15. The highest BCUT2D eigenvalue weighted by molar-refractivity contribution is 5.88. The van der Waals surface area contributed by atoms with Crippen LogP contribution in [0, 0.1) is 6.92 Å². The molecule has 0 bridgehead atoms. The monoisotopic (exact) mass is 325 g/mol. The molecule has 1 aromatic carbocycles. The Hall–Kier alpha value is -1.81. The van der Waals surface area contributed by atoms with Gasteiger partial charge in [0.2, 0.25) is 0 Å². The van der Waals surface area contributed by atoms with Crippen molar-refractivity contribution in [3.05, 3.63) is 28.8 Å². The molecule has 1 aliphatic heterocycles. The zero-order valence-electron chi connectivity index (χ0n) is 14.6. The number of anilines is 1. The van der Waals surface area contributed by atoms with Gasteiger partial charge < -0.3 is 15.4 Å². The van der Waals surface area contributed by atoms with E-state index in [1.54, 1.807) is 0 Å². The van der Waals surface area contributed by atoms with Crippen LogP contribution in [-0.4, -0.2) is 36.1 Å². The zero-order valence-corrected chi connectivity index (χ0v) is 14.6. The Bertz CT molecular complexity index is 750. The molecule has 2 aromatic rings. The minimum atomic E-state index is 0.707. The highest BCUT2D eigenvalue weighted by Gasteiger charge is 2.19. The molecule has 4 heteroatoms. The van der Waals surface area contributed by atoms with Crippen molar-refractivity contribution in [1.29, 1.82) is 0 Å². The van der Waals surface area contributed by atoms with Crippen LogP contribution in [0.4, 0.5) is 5.82 Å². The number of nitrogens with zero attached hydrogens (tertiary/aromatic N) is 2. The summed E-state index contributed by atoms with van der Waals surface area (Å²) in [6.45, 7) is 6.55. The van der Waals surface area contributed by atoms with Gasteiger partial charge >= 0.3 is 0 Å². The van der Waals surface area contributed by atoms with Crippen LogP contribution < -0.4 is 10.5 Å². The number of hydrogen-bond donors (Lipinski definition) is 1. The van der Waals surface area contributed by atoms with E-state index in [9.17, 15) is 0 Å². The van der Waals surface area contributed by atoms with Gasteiger partial charge in [0.25, 0.3) is 0 Å². The van der Waals surface area contributed by atoms with Crippen molar-refractivity contribution in [2.24, 2.45) is 0 Å². The molecule has 4 nitrogen and oxygen atoms in total. The fourth-order valence-corrected chi connectivity index (χ4v) is 4.16. The highest BCUT2D eigenvalue weighted by atomic mass is 16.5. The zero-order chi connectivity index (χ0) is 16.5. The molecular weight excluding hydrogens is 298 g/mol. The van der Waals surface area contributed by atoms with Crippen molar-refractivity contribution in [2.75, 3.05) is 32.0 Å². The first-order valence-corrected chi connectivity index (χ1v) is 9.29. The number of likely N-dealkylation sites (tertiary alicyclic amines) is 1. The van der Waals surface area contributed by atoms with Crippen LogP contribution in [0.15, 0.2) is 12.1 Å². The molecule has 1 aliphatic carbocycles. The van der Waals surface area contributed by atoms with Gasteiger partial charge in [0.1, 0.15) is 11.6 Å². The molecule has 0 saturated carbocycles. The van der Waals surface area contributed by atoms with Gasteiger partial charge in [-0.15, -0.1) is 0 Å². The van der Waals surface area contributed by atoms with Crippen molar-refractivity contribution in [3.8, 4) is 5.75 Å². The number of pyridine rings is 1. The largest absolute Gasteiger partial charge is 0.493 e. The molecule has 2 heterocycles. The summed E-state index contributed by atoms with van der Waals surface area (Å²) in [5.41, 5.74) is 11.0. The van der Waals surface area contributed by atoms with Crippen molar-refractivity contribution in [2.45, 2.75) is 45.4 Å². The van der Waals surface area contributed by atoms with E-state index in [1.165, 1.54) is 54.4 Å². The summed E-state index contributed by atoms with van der Waals surface area (Å²) < 4.78 is 6.06. The Kier molecular flexibility index (Phi) is 4.31. The Morgan fingerprint density at radius 2 is 1.92 bits per heavy atom. The third kappa shape index (κ3) is 2.95. The van der Waals surface area contributed by atoms with E-state index in [0.717, 1.165) is 43.7 Å². The van der Waals surface area contributed by atoms with Gasteiger partial charge in [-0.1, -0.05) is 0 Å². The average molecular weight is 325 g/mol. The maximum atomic E-state index is 6.16. The summed E-state index contributed by atoms with van der Waals surface area (Å²) >= 11 is 0. The fourth-order valence-electron chi connectivity index (χ4n) is 4.16. The van der Waals surface area contributed by atoms with E-state index in [-0.39, 0.29) is 0 Å². The van der Waals surface area contributed by atoms with Gasteiger partial charge in [0, 0.05) is 18.0 Å². The highest BCUT2D eigenvalue weighted by Crippen LogP contribution is 2.35. The molecule has 2 aliphatic rings. The Balaban J connectivity index is 1.49. The lowest BCUT2D eigenvalue weighted by molar-refractivity contribution is 0.262. The van der Waals surface area contributed by atoms with E-state index in [2.05, 4.69) is 28.9 Å². The number of rotatable bonds is 5. The van der Waals surface area contributed by atoms with Crippen LogP contribution in [0.3, 0.4) is 0 Å². The molecule has 0 unspecified atom stereocenters. The van der Waals surface area contributed by atoms with E-state index >= 15 is 0 Å². The van der Waals surface area contributed by atoms with Crippen LogP contribution in [0.1, 0.15) is 42.4 Å². The molecule has 128 valence electrons. The second kappa shape index (κ2) is 6.60. The molecular formula is C20H27N3O. The van der Waals surface area contributed by atoms with E-state index < -0.39 is 0 Å². The minimum absolute atomic E-state index is 0.707. The third-order valence-corrected chi connectivity index (χ3v) is 5.46. The number of fused-ring (bicyclic) bond motifs is 3. The molecule has 1 aromatic heterocycles. The molecule has 0 radical (unpaired) electrons. The van der Waals surface area contributed by atoms with E-state index in [0.29, 0.717) is 5.82 Å². The number of benzene rings is 1.